The SMILES string of the molecule is CN(CCC(=O)O)c1ccc2c(=O)n(C)ccc2c1. The molecule has 100 valence electrons. The zero-order valence-corrected chi connectivity index (χ0v) is 11.0. The third kappa shape index (κ3) is 2.76. The van der Waals surface area contributed by atoms with E-state index in [1.807, 2.05) is 30.1 Å². The number of aliphatic carboxylic acids is 1. The number of fused-ring (bicyclic) bond motifs is 1. The summed E-state index contributed by atoms with van der Waals surface area (Å²) in [5.74, 6) is -0.818. The molecule has 2 rings (SSSR count). The van der Waals surface area contributed by atoms with Crippen LogP contribution in [0.2, 0.25) is 0 Å². The standard InChI is InChI=1S/C14H16N2O3/c1-15(8-6-13(17)18)11-3-4-12-10(9-11)5-7-16(2)14(12)19/h3-5,7,9H,6,8H2,1-2H3,(H,17,18). The zero-order valence-electron chi connectivity index (χ0n) is 11.0. The van der Waals surface area contributed by atoms with E-state index in [1.54, 1.807) is 19.3 Å². The van der Waals surface area contributed by atoms with Crippen LogP contribution in [-0.4, -0.2) is 29.2 Å². The number of nitrogens with zero attached hydrogens (tertiary/aromatic N) is 2. The lowest BCUT2D eigenvalue weighted by molar-refractivity contribution is -0.136. The summed E-state index contributed by atoms with van der Waals surface area (Å²) >= 11 is 0. The van der Waals surface area contributed by atoms with E-state index >= 15 is 0 Å². The van der Waals surface area contributed by atoms with Crippen molar-refractivity contribution in [1.82, 2.24) is 4.57 Å². The highest BCUT2D eigenvalue weighted by atomic mass is 16.4. The van der Waals surface area contributed by atoms with Crippen LogP contribution in [0.4, 0.5) is 5.69 Å². The van der Waals surface area contributed by atoms with Crippen molar-refractivity contribution in [3.8, 4) is 0 Å². The molecule has 0 atom stereocenters. The van der Waals surface area contributed by atoms with E-state index in [1.165, 1.54) is 4.57 Å². The second kappa shape index (κ2) is 5.14. The average Bonchev–Trinajstić information content (AvgIpc) is 2.40. The average molecular weight is 260 g/mol. The van der Waals surface area contributed by atoms with Gasteiger partial charge in [-0.25, -0.2) is 0 Å². The molecular weight excluding hydrogens is 244 g/mol. The summed E-state index contributed by atoms with van der Waals surface area (Å²) in [6.07, 6.45) is 1.82. The van der Waals surface area contributed by atoms with Gasteiger partial charge in [-0.3, -0.25) is 9.59 Å². The maximum Gasteiger partial charge on any atom is 0.305 e. The second-order valence-corrected chi connectivity index (χ2v) is 4.57. The van der Waals surface area contributed by atoms with Crippen molar-refractivity contribution in [3.05, 3.63) is 40.8 Å². The van der Waals surface area contributed by atoms with E-state index in [0.717, 1.165) is 11.1 Å². The molecule has 0 aliphatic rings. The van der Waals surface area contributed by atoms with Gasteiger partial charge in [-0.2, -0.15) is 0 Å². The molecule has 2 aromatic rings. The Kier molecular flexibility index (Phi) is 3.55. The molecule has 0 unspecified atom stereocenters. The number of rotatable bonds is 4. The lowest BCUT2D eigenvalue weighted by atomic mass is 10.1. The summed E-state index contributed by atoms with van der Waals surface area (Å²) < 4.78 is 1.54. The van der Waals surface area contributed by atoms with Crippen LogP contribution in [0.3, 0.4) is 0 Å². The lowest BCUT2D eigenvalue weighted by Gasteiger charge is -2.18. The van der Waals surface area contributed by atoms with Gasteiger partial charge in [-0.05, 0) is 29.7 Å². The van der Waals surface area contributed by atoms with Crippen LogP contribution in [0.1, 0.15) is 6.42 Å². The van der Waals surface area contributed by atoms with Gasteiger partial charge in [0.05, 0.1) is 6.42 Å². The van der Waals surface area contributed by atoms with Crippen molar-refractivity contribution in [3.63, 3.8) is 0 Å². The van der Waals surface area contributed by atoms with Crippen molar-refractivity contribution in [2.45, 2.75) is 6.42 Å². The van der Waals surface area contributed by atoms with Crippen molar-refractivity contribution in [1.29, 1.82) is 0 Å². The van der Waals surface area contributed by atoms with Gasteiger partial charge >= 0.3 is 5.97 Å². The minimum absolute atomic E-state index is 0.0303. The number of carboxylic acid groups (broad SMARTS) is 1. The van der Waals surface area contributed by atoms with Crippen LogP contribution >= 0.6 is 0 Å². The van der Waals surface area contributed by atoms with Crippen LogP contribution in [0.25, 0.3) is 10.8 Å². The maximum atomic E-state index is 11.9. The first-order valence-corrected chi connectivity index (χ1v) is 6.01. The fraction of sp³-hybridized carbons (Fsp3) is 0.286. The molecule has 1 heterocycles. The summed E-state index contributed by atoms with van der Waals surface area (Å²) in [6, 6.07) is 7.40. The van der Waals surface area contributed by atoms with E-state index in [4.69, 9.17) is 5.11 Å². The summed E-state index contributed by atoms with van der Waals surface area (Å²) in [5, 5.41) is 10.2. The minimum atomic E-state index is -0.818. The van der Waals surface area contributed by atoms with Gasteiger partial charge in [0.15, 0.2) is 0 Å². The molecule has 5 heteroatoms. The molecule has 0 spiro atoms. The summed E-state index contributed by atoms with van der Waals surface area (Å²) in [7, 11) is 3.56. The molecule has 0 saturated carbocycles. The number of carbonyl (C=O) groups is 1. The fourth-order valence-corrected chi connectivity index (χ4v) is 1.96. The highest BCUT2D eigenvalue weighted by Gasteiger charge is 2.06. The number of hydrogen-bond acceptors (Lipinski definition) is 3. The second-order valence-electron chi connectivity index (χ2n) is 4.57. The van der Waals surface area contributed by atoms with Crippen molar-refractivity contribution >= 4 is 22.4 Å². The summed E-state index contributed by atoms with van der Waals surface area (Å²) in [4.78, 5) is 24.3. The Hall–Kier alpha value is -2.30. The third-order valence-electron chi connectivity index (χ3n) is 3.17. The molecule has 1 aromatic heterocycles. The first-order chi connectivity index (χ1) is 8.99. The van der Waals surface area contributed by atoms with E-state index in [-0.39, 0.29) is 12.0 Å². The van der Waals surface area contributed by atoms with Gasteiger partial charge in [0.2, 0.25) is 0 Å². The molecule has 0 saturated heterocycles. The predicted octanol–water partition coefficient (Wildman–Crippen LogP) is 1.45. The highest BCUT2D eigenvalue weighted by Crippen LogP contribution is 2.19. The Morgan fingerprint density at radius 2 is 2.11 bits per heavy atom. The topological polar surface area (TPSA) is 62.5 Å². The van der Waals surface area contributed by atoms with E-state index in [9.17, 15) is 9.59 Å². The fourth-order valence-electron chi connectivity index (χ4n) is 1.96. The Bertz CT molecular complexity index is 676. The molecule has 5 nitrogen and oxygen atoms in total. The Morgan fingerprint density at radius 1 is 1.37 bits per heavy atom. The Labute approximate surface area is 110 Å². The van der Waals surface area contributed by atoms with Gasteiger partial charge in [-0.15, -0.1) is 0 Å². The number of aromatic nitrogens is 1. The third-order valence-corrected chi connectivity index (χ3v) is 3.17. The first kappa shape index (κ1) is 13.1. The molecule has 0 amide bonds. The smallest absolute Gasteiger partial charge is 0.305 e. The molecule has 0 aliphatic heterocycles. The quantitative estimate of drug-likeness (QED) is 0.903. The largest absolute Gasteiger partial charge is 0.481 e. The molecule has 0 bridgehead atoms. The van der Waals surface area contributed by atoms with Crippen LogP contribution in [-0.2, 0) is 11.8 Å². The molecular formula is C14H16N2O3. The Balaban J connectivity index is 2.34. The first-order valence-electron chi connectivity index (χ1n) is 6.01. The van der Waals surface area contributed by atoms with Crippen molar-refractivity contribution in [2.75, 3.05) is 18.5 Å². The number of anilines is 1. The molecule has 19 heavy (non-hydrogen) atoms. The molecule has 0 aliphatic carbocycles. The van der Waals surface area contributed by atoms with Crippen LogP contribution in [0.5, 0.6) is 0 Å². The summed E-state index contributed by atoms with van der Waals surface area (Å²) in [6.45, 7) is 0.436. The molecule has 1 N–H and O–H groups in total. The van der Waals surface area contributed by atoms with E-state index < -0.39 is 5.97 Å². The van der Waals surface area contributed by atoms with Gasteiger partial charge in [0.25, 0.3) is 5.56 Å². The number of benzene rings is 1. The van der Waals surface area contributed by atoms with Gasteiger partial charge in [-0.1, -0.05) is 0 Å². The van der Waals surface area contributed by atoms with Crippen LogP contribution in [0, 0.1) is 0 Å². The van der Waals surface area contributed by atoms with Crippen molar-refractivity contribution < 1.29 is 9.90 Å². The van der Waals surface area contributed by atoms with Crippen LogP contribution < -0.4 is 10.5 Å². The van der Waals surface area contributed by atoms with Crippen molar-refractivity contribution in [2.24, 2.45) is 7.05 Å². The number of pyridine rings is 1. The minimum Gasteiger partial charge on any atom is -0.481 e. The highest BCUT2D eigenvalue weighted by molar-refractivity contribution is 5.85. The monoisotopic (exact) mass is 260 g/mol. The maximum absolute atomic E-state index is 11.9. The number of hydrogen-bond donors (Lipinski definition) is 1. The molecule has 0 fully saturated rings. The summed E-state index contributed by atoms with van der Waals surface area (Å²) in [5.41, 5.74) is 0.874. The van der Waals surface area contributed by atoms with Gasteiger partial charge in [0.1, 0.15) is 0 Å². The number of carboxylic acids is 1. The number of aryl methyl sites for hydroxylation is 1. The van der Waals surface area contributed by atoms with Crippen LogP contribution in [0.15, 0.2) is 35.3 Å². The normalized spacial score (nSPS) is 10.6. The van der Waals surface area contributed by atoms with Gasteiger partial charge in [0, 0.05) is 37.9 Å². The van der Waals surface area contributed by atoms with E-state index in [0.29, 0.717) is 11.9 Å². The van der Waals surface area contributed by atoms with Gasteiger partial charge < -0.3 is 14.6 Å². The Morgan fingerprint density at radius 3 is 2.79 bits per heavy atom. The molecule has 0 radical (unpaired) electrons. The predicted molar refractivity (Wildman–Crippen MR) is 74.7 cm³/mol. The lowest BCUT2D eigenvalue weighted by Crippen LogP contribution is -2.21. The van der Waals surface area contributed by atoms with E-state index in [2.05, 4.69) is 0 Å². The molecule has 1 aromatic carbocycles. The zero-order chi connectivity index (χ0) is 14.0.